The van der Waals surface area contributed by atoms with Crippen LogP contribution in [0.15, 0.2) is 40.9 Å². The SMILES string of the molecule is CCCCC/C=C\C/C=C\C/C=C\CC(O)C(O)CCCC(=O)OC[C@H](COP(=O)([O-])OCC[N+](C)(C)C)OC(=O)CCCCCCCCc1oc(CCC)c(C)c1C. The first-order chi connectivity index (χ1) is 28.1. The van der Waals surface area contributed by atoms with Crippen LogP contribution in [-0.4, -0.2) is 92.5 Å². The number of hydrogen-bond acceptors (Lipinski definition) is 11. The highest BCUT2D eigenvalue weighted by molar-refractivity contribution is 7.45. The number of rotatable bonds is 36. The van der Waals surface area contributed by atoms with Gasteiger partial charge in [-0.2, -0.15) is 0 Å². The van der Waals surface area contributed by atoms with Gasteiger partial charge in [-0.1, -0.05) is 88.8 Å². The molecule has 1 aromatic heterocycles. The molecule has 13 heteroatoms. The van der Waals surface area contributed by atoms with Gasteiger partial charge in [-0.3, -0.25) is 14.2 Å². The minimum Gasteiger partial charge on any atom is -0.756 e. The van der Waals surface area contributed by atoms with Crippen molar-refractivity contribution in [2.24, 2.45) is 0 Å². The summed E-state index contributed by atoms with van der Waals surface area (Å²) in [4.78, 5) is 37.7. The summed E-state index contributed by atoms with van der Waals surface area (Å²) in [5.41, 5.74) is 2.53. The normalized spacial score (nSPS) is 14.9. The molecule has 340 valence electrons. The van der Waals surface area contributed by atoms with Crippen molar-refractivity contribution in [1.29, 1.82) is 0 Å². The van der Waals surface area contributed by atoms with Gasteiger partial charge in [0.2, 0.25) is 0 Å². The molecule has 59 heavy (non-hydrogen) atoms. The van der Waals surface area contributed by atoms with Crippen molar-refractivity contribution in [1.82, 2.24) is 0 Å². The van der Waals surface area contributed by atoms with Gasteiger partial charge in [-0.05, 0) is 89.2 Å². The van der Waals surface area contributed by atoms with Crippen molar-refractivity contribution in [2.45, 2.75) is 174 Å². The van der Waals surface area contributed by atoms with E-state index in [1.165, 1.54) is 30.4 Å². The van der Waals surface area contributed by atoms with Crippen LogP contribution in [0.1, 0.15) is 152 Å². The number of quaternary nitrogens is 1. The molecule has 0 aliphatic heterocycles. The number of unbranched alkanes of at least 4 members (excludes halogenated alkanes) is 8. The van der Waals surface area contributed by atoms with E-state index in [1.807, 2.05) is 33.3 Å². The first-order valence-corrected chi connectivity index (χ1v) is 23.7. The second-order valence-corrected chi connectivity index (χ2v) is 18.0. The second kappa shape index (κ2) is 32.2. The highest BCUT2D eigenvalue weighted by Crippen LogP contribution is 2.38. The number of allylic oxidation sites excluding steroid dienone is 5. The topological polar surface area (TPSA) is 165 Å². The molecule has 12 nitrogen and oxygen atoms in total. The van der Waals surface area contributed by atoms with Crippen LogP contribution in [0, 0.1) is 13.8 Å². The third-order valence-electron chi connectivity index (χ3n) is 10.0. The molecule has 2 N–H and O–H groups in total. The zero-order chi connectivity index (χ0) is 43.9. The Kier molecular flexibility index (Phi) is 29.7. The lowest BCUT2D eigenvalue weighted by Gasteiger charge is -2.28. The molecule has 0 saturated carbocycles. The number of carbonyl (C=O) groups is 2. The molecule has 1 heterocycles. The average molecular weight is 854 g/mol. The fourth-order valence-electron chi connectivity index (χ4n) is 6.16. The van der Waals surface area contributed by atoms with Gasteiger partial charge in [0, 0.05) is 25.7 Å². The smallest absolute Gasteiger partial charge is 0.306 e. The predicted octanol–water partition coefficient (Wildman–Crippen LogP) is 9.10. The highest BCUT2D eigenvalue weighted by atomic mass is 31.2. The van der Waals surface area contributed by atoms with E-state index in [0.29, 0.717) is 23.9 Å². The Hall–Kier alpha value is -2.57. The van der Waals surface area contributed by atoms with Gasteiger partial charge in [0.05, 0.1) is 40.0 Å². The number of phosphoric ester groups is 1. The monoisotopic (exact) mass is 854 g/mol. The summed E-state index contributed by atoms with van der Waals surface area (Å²) < 4.78 is 39.8. The van der Waals surface area contributed by atoms with Crippen LogP contribution in [0.2, 0.25) is 0 Å². The lowest BCUT2D eigenvalue weighted by Crippen LogP contribution is -2.37. The Morgan fingerprint density at radius 3 is 2.00 bits per heavy atom. The summed E-state index contributed by atoms with van der Waals surface area (Å²) in [5.74, 6) is 1.04. The summed E-state index contributed by atoms with van der Waals surface area (Å²) in [5, 5.41) is 20.7. The van der Waals surface area contributed by atoms with E-state index in [9.17, 15) is 29.3 Å². The van der Waals surface area contributed by atoms with E-state index in [-0.39, 0.29) is 32.3 Å². The number of esters is 2. The fraction of sp³-hybridized carbons (Fsp3) is 0.739. The van der Waals surface area contributed by atoms with Crippen LogP contribution >= 0.6 is 7.82 Å². The van der Waals surface area contributed by atoms with E-state index in [1.54, 1.807) is 0 Å². The fourth-order valence-corrected chi connectivity index (χ4v) is 6.88. The summed E-state index contributed by atoms with van der Waals surface area (Å²) in [6.45, 7) is 7.98. The number of furan rings is 1. The zero-order valence-corrected chi connectivity index (χ0v) is 38.5. The molecule has 0 amide bonds. The maximum Gasteiger partial charge on any atom is 0.306 e. The summed E-state index contributed by atoms with van der Waals surface area (Å²) >= 11 is 0. The summed E-state index contributed by atoms with van der Waals surface area (Å²) in [6.07, 6.45) is 25.0. The predicted molar refractivity (Wildman–Crippen MR) is 233 cm³/mol. The van der Waals surface area contributed by atoms with Gasteiger partial charge in [-0.15, -0.1) is 0 Å². The number of hydrogen-bond donors (Lipinski definition) is 2. The molecular formula is C46H80NO11P. The molecule has 0 saturated heterocycles. The molecular weight excluding hydrogens is 773 g/mol. The van der Waals surface area contributed by atoms with Crippen molar-refractivity contribution < 1.29 is 56.7 Å². The summed E-state index contributed by atoms with van der Waals surface area (Å²) in [6, 6.07) is 0. The van der Waals surface area contributed by atoms with Gasteiger partial charge in [0.15, 0.2) is 6.10 Å². The van der Waals surface area contributed by atoms with Crippen LogP contribution in [-0.2, 0) is 45.5 Å². The van der Waals surface area contributed by atoms with Crippen LogP contribution in [0.5, 0.6) is 0 Å². The molecule has 0 aromatic carbocycles. The Bertz CT molecular complexity index is 1410. The van der Waals surface area contributed by atoms with Crippen molar-refractivity contribution in [2.75, 3.05) is 47.5 Å². The Morgan fingerprint density at radius 1 is 0.729 bits per heavy atom. The maximum absolute atomic E-state index is 12.7. The third-order valence-corrected chi connectivity index (χ3v) is 11.0. The number of nitrogens with zero attached hydrogens (tertiary/aromatic N) is 1. The van der Waals surface area contributed by atoms with Crippen LogP contribution in [0.4, 0.5) is 0 Å². The molecule has 0 bridgehead atoms. The van der Waals surface area contributed by atoms with Gasteiger partial charge in [-0.25, -0.2) is 0 Å². The number of likely N-dealkylation sites (N-methyl/N-ethyl adjacent to an activating group) is 1. The van der Waals surface area contributed by atoms with E-state index >= 15 is 0 Å². The second-order valence-electron chi connectivity index (χ2n) is 16.6. The van der Waals surface area contributed by atoms with Gasteiger partial charge in [0.25, 0.3) is 7.82 Å². The molecule has 1 aromatic rings. The number of phosphoric acid groups is 1. The van der Waals surface area contributed by atoms with Crippen molar-refractivity contribution in [3.05, 3.63) is 59.1 Å². The minimum absolute atomic E-state index is 0.0478. The molecule has 1 rings (SSSR count). The molecule has 0 fully saturated rings. The molecule has 0 spiro atoms. The van der Waals surface area contributed by atoms with Crippen molar-refractivity contribution >= 4 is 19.8 Å². The number of aliphatic hydroxyl groups is 2. The number of aryl methyl sites for hydroxylation is 2. The number of ether oxygens (including phenoxy) is 2. The molecule has 0 aliphatic carbocycles. The van der Waals surface area contributed by atoms with Crippen LogP contribution in [0.3, 0.4) is 0 Å². The van der Waals surface area contributed by atoms with Crippen LogP contribution in [0.25, 0.3) is 0 Å². The van der Waals surface area contributed by atoms with Gasteiger partial charge < -0.3 is 42.5 Å². The molecule has 4 atom stereocenters. The Labute approximate surface area is 356 Å². The quantitative estimate of drug-likeness (QED) is 0.0218. The van der Waals surface area contributed by atoms with E-state index in [4.69, 9.17) is 22.9 Å². The Balaban J connectivity index is 2.47. The maximum atomic E-state index is 12.7. The first-order valence-electron chi connectivity index (χ1n) is 22.2. The highest BCUT2D eigenvalue weighted by Gasteiger charge is 2.22. The first kappa shape index (κ1) is 54.4. The number of carbonyl (C=O) groups excluding carboxylic acids is 2. The van der Waals surface area contributed by atoms with E-state index in [0.717, 1.165) is 82.1 Å². The average Bonchev–Trinajstić information content (AvgIpc) is 3.44. The standard InChI is InChI=1S/C46H80NO11P/c1-8-10-11-12-13-14-15-16-17-18-21-24-29-41(48)42(49)30-27-33-45(50)54-36-40(37-56-59(52,53)55-35-34-47(5,6)7)57-46(51)32-26-23-20-19-22-25-31-44-39(4)38(3)43(58-44)28-9-2/h13-14,16-17,21,24,40-42,48-49H,8-12,15,18-20,22-23,25-37H2,1-7H3/b14-13-,17-16-,24-21-/t40-,41?,42?/m1/s1. The van der Waals surface area contributed by atoms with Gasteiger partial charge >= 0.3 is 11.9 Å². The minimum atomic E-state index is -4.71. The summed E-state index contributed by atoms with van der Waals surface area (Å²) in [7, 11) is 0.978. The lowest BCUT2D eigenvalue weighted by molar-refractivity contribution is -0.870. The Morgan fingerprint density at radius 2 is 1.34 bits per heavy atom. The van der Waals surface area contributed by atoms with E-state index in [2.05, 4.69) is 52.0 Å². The molecule has 3 unspecified atom stereocenters. The molecule has 0 aliphatic rings. The largest absolute Gasteiger partial charge is 0.756 e. The van der Waals surface area contributed by atoms with Crippen molar-refractivity contribution in [3.8, 4) is 0 Å². The van der Waals surface area contributed by atoms with Crippen molar-refractivity contribution in [3.63, 3.8) is 0 Å². The lowest BCUT2D eigenvalue weighted by atomic mass is 10.0. The molecule has 0 radical (unpaired) electrons. The number of aliphatic hydroxyl groups excluding tert-OH is 2. The zero-order valence-electron chi connectivity index (χ0n) is 37.6. The van der Waals surface area contributed by atoms with Crippen LogP contribution < -0.4 is 4.89 Å². The van der Waals surface area contributed by atoms with E-state index < -0.39 is 51.3 Å². The van der Waals surface area contributed by atoms with Gasteiger partial charge in [0.1, 0.15) is 31.3 Å². The third kappa shape index (κ3) is 28.6.